The Morgan fingerprint density at radius 2 is 1.77 bits per heavy atom. The highest BCUT2D eigenvalue weighted by Gasteiger charge is 2.31. The van der Waals surface area contributed by atoms with Crippen LogP contribution in [0.2, 0.25) is 0 Å². The normalized spacial score (nSPS) is 14.0. The Bertz CT molecular complexity index is 1290. The van der Waals surface area contributed by atoms with E-state index >= 15 is 0 Å². The third-order valence-corrected chi connectivity index (χ3v) is 8.20. The summed E-state index contributed by atoms with van der Waals surface area (Å²) in [6.07, 6.45) is 1.43. The lowest BCUT2D eigenvalue weighted by molar-refractivity contribution is 0.0938. The first kappa shape index (κ1) is 24.8. The third kappa shape index (κ3) is 5.33. The largest absolute Gasteiger partial charge is 0.496 e. The molecule has 0 saturated carbocycles. The Hall–Kier alpha value is -3.36. The van der Waals surface area contributed by atoms with Gasteiger partial charge in [-0.2, -0.15) is 0 Å². The number of fused-ring (bicyclic) bond motifs is 1. The van der Waals surface area contributed by atoms with Gasteiger partial charge in [-0.3, -0.25) is 9.10 Å². The molecule has 184 valence electrons. The van der Waals surface area contributed by atoms with Gasteiger partial charge >= 0.3 is 0 Å². The quantitative estimate of drug-likeness (QED) is 0.495. The van der Waals surface area contributed by atoms with Crippen LogP contribution in [0.3, 0.4) is 0 Å². The van der Waals surface area contributed by atoms with Crippen LogP contribution in [0.5, 0.6) is 5.75 Å². The number of hydrogen-bond donors (Lipinski definition) is 1. The lowest BCUT2D eigenvalue weighted by Crippen LogP contribution is -2.41. The van der Waals surface area contributed by atoms with Gasteiger partial charge < -0.3 is 15.0 Å². The zero-order valence-corrected chi connectivity index (χ0v) is 21.1. The van der Waals surface area contributed by atoms with E-state index in [0.29, 0.717) is 30.9 Å². The van der Waals surface area contributed by atoms with Crippen LogP contribution in [-0.2, 0) is 22.9 Å². The summed E-state index contributed by atoms with van der Waals surface area (Å²) in [5.74, 6) is -0.0478. The lowest BCUT2D eigenvalue weighted by atomic mass is 10.0. The summed E-state index contributed by atoms with van der Waals surface area (Å²) in [6, 6.07) is 22.1. The second-order valence-corrected chi connectivity index (χ2v) is 10.7. The summed E-state index contributed by atoms with van der Waals surface area (Å²) in [5, 5.41) is 2.97. The Morgan fingerprint density at radius 3 is 2.49 bits per heavy atom. The molecule has 0 spiro atoms. The molecular weight excluding hydrogens is 462 g/mol. The smallest absolute Gasteiger partial charge is 0.264 e. The van der Waals surface area contributed by atoms with Crippen molar-refractivity contribution in [3.63, 3.8) is 0 Å². The summed E-state index contributed by atoms with van der Waals surface area (Å²) >= 11 is 0. The molecule has 0 aliphatic carbocycles. The van der Waals surface area contributed by atoms with Crippen LogP contribution in [0.4, 0.5) is 5.69 Å². The van der Waals surface area contributed by atoms with Gasteiger partial charge in [0, 0.05) is 19.1 Å². The third-order valence-electron chi connectivity index (χ3n) is 6.39. The number of ether oxygens (including phenoxy) is 1. The molecule has 8 heteroatoms. The Kier molecular flexibility index (Phi) is 7.42. The van der Waals surface area contributed by atoms with Crippen LogP contribution in [0.25, 0.3) is 0 Å². The van der Waals surface area contributed by atoms with E-state index < -0.39 is 10.0 Å². The first-order chi connectivity index (χ1) is 16.8. The zero-order valence-electron chi connectivity index (χ0n) is 20.3. The molecule has 3 aromatic rings. The van der Waals surface area contributed by atoms with Crippen molar-refractivity contribution in [3.05, 3.63) is 89.5 Å². The van der Waals surface area contributed by atoms with Gasteiger partial charge in [-0.05, 0) is 62.3 Å². The summed E-state index contributed by atoms with van der Waals surface area (Å²) in [4.78, 5) is 15.3. The number of sulfonamides is 1. The molecule has 0 aromatic heterocycles. The minimum atomic E-state index is -3.83. The monoisotopic (exact) mass is 493 g/mol. The SMILES string of the molecule is COc1ccc(S(=O)(=O)N2CCc3ccccc32)cc1C(=O)NC[C@H](Cc1ccccc1)N(C)C. The number of nitrogens with zero attached hydrogens (tertiary/aromatic N) is 2. The number of methoxy groups -OCH3 is 1. The van der Waals surface area contributed by atoms with E-state index in [0.717, 1.165) is 12.0 Å². The van der Waals surface area contributed by atoms with Crippen LogP contribution in [0.1, 0.15) is 21.5 Å². The average molecular weight is 494 g/mol. The molecular formula is C27H31N3O4S. The van der Waals surface area contributed by atoms with Gasteiger partial charge in [0.2, 0.25) is 0 Å². The molecule has 1 heterocycles. The summed E-state index contributed by atoms with van der Waals surface area (Å²) in [5.41, 5.74) is 3.05. The number of likely N-dealkylation sites (N-methyl/N-ethyl adjacent to an activating group) is 1. The van der Waals surface area contributed by atoms with Gasteiger partial charge in [0.25, 0.3) is 15.9 Å². The molecule has 3 aromatic carbocycles. The molecule has 1 atom stereocenters. The number of benzene rings is 3. The van der Waals surface area contributed by atoms with E-state index in [1.165, 1.54) is 35.2 Å². The number of nitrogens with one attached hydrogen (secondary N) is 1. The number of hydrogen-bond acceptors (Lipinski definition) is 5. The Labute approximate surface area is 207 Å². The average Bonchev–Trinajstić information content (AvgIpc) is 3.31. The van der Waals surface area contributed by atoms with Crippen molar-refractivity contribution in [2.75, 3.05) is 38.6 Å². The summed E-state index contributed by atoms with van der Waals surface area (Å²) in [6.45, 7) is 0.777. The molecule has 1 aliphatic heterocycles. The first-order valence-corrected chi connectivity index (χ1v) is 13.0. The molecule has 0 saturated heterocycles. The maximum absolute atomic E-state index is 13.5. The standard InChI is InChI=1S/C27H31N3O4S/c1-29(2)22(17-20-9-5-4-6-10-20)19-28-27(31)24-18-23(13-14-26(24)34-3)35(32,33)30-16-15-21-11-7-8-12-25(21)30/h4-14,18,22H,15-17,19H2,1-3H3,(H,28,31)/t22-/m0/s1. The van der Waals surface area contributed by atoms with Crippen molar-refractivity contribution in [3.8, 4) is 5.75 Å². The number of anilines is 1. The van der Waals surface area contributed by atoms with E-state index in [9.17, 15) is 13.2 Å². The minimum Gasteiger partial charge on any atom is -0.496 e. The molecule has 0 bridgehead atoms. The van der Waals surface area contributed by atoms with Crippen LogP contribution in [-0.4, -0.2) is 59.6 Å². The fourth-order valence-corrected chi connectivity index (χ4v) is 5.87. The molecule has 0 unspecified atom stereocenters. The van der Waals surface area contributed by atoms with Crippen LogP contribution in [0.15, 0.2) is 77.7 Å². The van der Waals surface area contributed by atoms with Crippen molar-refractivity contribution < 1.29 is 17.9 Å². The first-order valence-electron chi connectivity index (χ1n) is 11.6. The zero-order chi connectivity index (χ0) is 25.0. The molecule has 0 radical (unpaired) electrons. The van der Waals surface area contributed by atoms with Gasteiger partial charge in [-0.1, -0.05) is 48.5 Å². The molecule has 4 rings (SSSR count). The number of rotatable bonds is 9. The van der Waals surface area contributed by atoms with Crippen molar-refractivity contribution in [2.45, 2.75) is 23.8 Å². The maximum Gasteiger partial charge on any atom is 0.264 e. The fraction of sp³-hybridized carbons (Fsp3) is 0.296. The second kappa shape index (κ2) is 10.5. The number of carbonyl (C=O) groups is 1. The molecule has 1 aliphatic rings. The predicted octanol–water partition coefficient (Wildman–Crippen LogP) is 3.35. The maximum atomic E-state index is 13.5. The molecule has 7 nitrogen and oxygen atoms in total. The van der Waals surface area contributed by atoms with Gasteiger partial charge in [-0.15, -0.1) is 0 Å². The van der Waals surface area contributed by atoms with Gasteiger partial charge in [0.1, 0.15) is 5.75 Å². The number of para-hydroxylation sites is 1. The minimum absolute atomic E-state index is 0.0635. The summed E-state index contributed by atoms with van der Waals surface area (Å²) in [7, 11) is 1.59. The van der Waals surface area contributed by atoms with Gasteiger partial charge in [0.05, 0.1) is 23.3 Å². The van der Waals surface area contributed by atoms with E-state index in [4.69, 9.17) is 4.74 Å². The molecule has 0 fully saturated rings. The van der Waals surface area contributed by atoms with Gasteiger partial charge in [0.15, 0.2) is 0 Å². The van der Waals surface area contributed by atoms with Crippen LogP contribution in [0, 0.1) is 0 Å². The van der Waals surface area contributed by atoms with E-state index in [2.05, 4.69) is 22.3 Å². The van der Waals surface area contributed by atoms with Crippen molar-refractivity contribution in [2.24, 2.45) is 0 Å². The van der Waals surface area contributed by atoms with E-state index in [1.807, 2.05) is 56.6 Å². The van der Waals surface area contributed by atoms with E-state index in [1.54, 1.807) is 0 Å². The highest BCUT2D eigenvalue weighted by molar-refractivity contribution is 7.92. The molecule has 1 amide bonds. The summed E-state index contributed by atoms with van der Waals surface area (Å²) < 4.78 is 33.8. The molecule has 1 N–H and O–H groups in total. The van der Waals surface area contributed by atoms with Crippen molar-refractivity contribution in [1.82, 2.24) is 10.2 Å². The lowest BCUT2D eigenvalue weighted by Gasteiger charge is -2.25. The highest BCUT2D eigenvalue weighted by Crippen LogP contribution is 2.34. The Morgan fingerprint density at radius 1 is 1.06 bits per heavy atom. The molecule has 35 heavy (non-hydrogen) atoms. The van der Waals surface area contributed by atoms with Crippen LogP contribution < -0.4 is 14.4 Å². The van der Waals surface area contributed by atoms with E-state index in [-0.39, 0.29) is 22.4 Å². The van der Waals surface area contributed by atoms with Crippen LogP contribution >= 0.6 is 0 Å². The predicted molar refractivity (Wildman–Crippen MR) is 138 cm³/mol. The van der Waals surface area contributed by atoms with Gasteiger partial charge in [-0.25, -0.2) is 8.42 Å². The number of amides is 1. The van der Waals surface area contributed by atoms with Crippen molar-refractivity contribution in [1.29, 1.82) is 0 Å². The second-order valence-electron chi connectivity index (χ2n) is 8.84. The number of carbonyl (C=O) groups excluding carboxylic acids is 1. The van der Waals surface area contributed by atoms with Crippen molar-refractivity contribution >= 4 is 21.6 Å². The Balaban J connectivity index is 1.55. The highest BCUT2D eigenvalue weighted by atomic mass is 32.2. The topological polar surface area (TPSA) is 79.0 Å². The fourth-order valence-electron chi connectivity index (χ4n) is 4.34.